The Balaban J connectivity index is 0.000000175. The summed E-state index contributed by atoms with van der Waals surface area (Å²) in [5, 5.41) is 76.1. The Bertz CT molecular complexity index is 5620. The summed E-state index contributed by atoms with van der Waals surface area (Å²) < 4.78 is 16.4. The van der Waals surface area contributed by atoms with Crippen molar-refractivity contribution < 1.29 is 35.7 Å². The molecule has 113 heavy (non-hydrogen) atoms. The molecule has 37 nitrogen and oxygen atoms in total. The maximum atomic E-state index is 9.97. The van der Waals surface area contributed by atoms with Gasteiger partial charge in [0.25, 0.3) is 0 Å². The van der Waals surface area contributed by atoms with Crippen LogP contribution in [0.5, 0.6) is 0 Å². The van der Waals surface area contributed by atoms with Crippen LogP contribution in [0.2, 0.25) is 0 Å². The number of aldehydes is 1. The normalized spacial score (nSPS) is 11.5. The van der Waals surface area contributed by atoms with E-state index < -0.39 is 0 Å². The Morgan fingerprint density at radius 3 is 0.673 bits per heavy atom. The molecule has 16 aromatic rings. The molecule has 4 aliphatic rings. The Morgan fingerprint density at radius 2 is 0.504 bits per heavy atom. The summed E-state index contributed by atoms with van der Waals surface area (Å²) in [5.41, 5.74) is 17.1. The summed E-state index contributed by atoms with van der Waals surface area (Å²) in [7, 11) is 16.9. The third-order valence-corrected chi connectivity index (χ3v) is 18.2. The zero-order valence-corrected chi connectivity index (χ0v) is 62.2. The standard InChI is InChI=1S/C32H26N16.C32H24N16.C4H5N3O.C4H5N.2CH4.ClH.Mn.H2/c2*1-45-13-33-41-29(45)25-17-5-7-19(37-17)26(30-42-34-14-46(30)2)21-9-11-23(39-21)28(32-44-36-16-48(32)4)24-12-10-22(40-24)27(20-8-6-18(25)38-20)31-43-35-15-47(31)3;1-7-3-5-6-4(7)2-8;1-2-4-5-3-1;;;;;/h5-16,37,40H,1-4H3;5-16H,1-4H3;2-3H,1H3;1-5H;2*1H4;1H;;1H/q;-2;;;;;;+3;/p-1/i;;;;;;;;1+1. The number of aromatic amines is 3. The zero-order chi connectivity index (χ0) is 74.6. The molecule has 0 amide bonds. The summed E-state index contributed by atoms with van der Waals surface area (Å²) in [4.78, 5) is 51.0. The number of aromatic nitrogens is 36. The smallest absolute Gasteiger partial charge is 1.00 e. The first-order valence-electron chi connectivity index (χ1n) is 33.6. The second kappa shape index (κ2) is 31.8. The number of fused-ring (bicyclic) bond motifs is 16. The molecular weight excluding hydrogens is 1500 g/mol. The quantitative estimate of drug-likeness (QED) is 0.109. The fourth-order valence-corrected chi connectivity index (χ4v) is 12.9. The van der Waals surface area contributed by atoms with Gasteiger partial charge in [0.1, 0.15) is 56.9 Å². The summed E-state index contributed by atoms with van der Waals surface area (Å²) in [6, 6.07) is 19.7. The molecule has 0 fully saturated rings. The topological polar surface area (TPSA) is 421 Å². The number of nitrogens with one attached hydrogen (secondary N) is 3. The van der Waals surface area contributed by atoms with Gasteiger partial charge in [-0.1, -0.05) is 39.1 Å². The minimum atomic E-state index is 0. The van der Waals surface area contributed by atoms with Gasteiger partial charge in [0.2, 0.25) is 0 Å². The van der Waals surface area contributed by atoms with E-state index in [-0.39, 0.29) is 45.8 Å². The molecule has 20 heterocycles. The zero-order valence-electron chi connectivity index (χ0n) is 60.2. The number of nitrogens with zero attached hydrogens (tertiary/aromatic N) is 33. The largest absolute Gasteiger partial charge is 3.00 e. The average Bonchev–Trinajstić information content (AvgIpc) is 1.60. The molecular formula is C74H70ClMnN36O. The molecule has 0 unspecified atom stereocenters. The number of hydrogen-bond acceptors (Lipinski definition) is 23. The Labute approximate surface area is 659 Å². The van der Waals surface area contributed by atoms with Crippen LogP contribution >= 0.6 is 0 Å². The van der Waals surface area contributed by atoms with E-state index in [2.05, 4.69) is 107 Å². The number of halogens is 1. The van der Waals surface area contributed by atoms with Gasteiger partial charge in [-0.2, -0.15) is 0 Å². The first-order chi connectivity index (χ1) is 53.2. The van der Waals surface area contributed by atoms with Crippen molar-refractivity contribution in [3.63, 3.8) is 0 Å². The predicted molar refractivity (Wildman–Crippen MR) is 418 cm³/mol. The molecule has 0 aliphatic carbocycles. The third kappa shape index (κ3) is 14.1. The van der Waals surface area contributed by atoms with E-state index in [4.69, 9.17) is 29.9 Å². The van der Waals surface area contributed by atoms with Crippen LogP contribution in [0, 0.1) is 0 Å². The van der Waals surface area contributed by atoms with Crippen LogP contribution in [-0.4, -0.2) is 174 Å². The molecule has 4 aliphatic heterocycles. The van der Waals surface area contributed by atoms with E-state index in [1.54, 1.807) is 62.2 Å². The van der Waals surface area contributed by atoms with Gasteiger partial charge in [-0.3, -0.25) is 4.79 Å². The van der Waals surface area contributed by atoms with E-state index in [9.17, 15) is 4.79 Å². The number of hydrogen-bond donors (Lipinski definition) is 3. The van der Waals surface area contributed by atoms with Crippen molar-refractivity contribution in [3.8, 4) is 91.1 Å². The molecule has 3 N–H and O–H groups in total. The fourth-order valence-electron chi connectivity index (χ4n) is 12.9. The molecule has 0 aromatic carbocycles. The molecule has 566 valence electrons. The summed E-state index contributed by atoms with van der Waals surface area (Å²) in [5.74, 6) is 5.37. The number of rotatable bonds is 9. The van der Waals surface area contributed by atoms with Gasteiger partial charge >= 0.3 is 17.1 Å². The van der Waals surface area contributed by atoms with E-state index in [0.717, 1.165) is 44.3 Å². The van der Waals surface area contributed by atoms with Crippen molar-refractivity contribution in [2.45, 2.75) is 14.9 Å². The van der Waals surface area contributed by atoms with Crippen LogP contribution in [0.3, 0.4) is 0 Å². The van der Waals surface area contributed by atoms with Gasteiger partial charge in [-0.05, 0) is 85.0 Å². The van der Waals surface area contributed by atoms with Gasteiger partial charge in [0.15, 0.2) is 58.7 Å². The molecule has 39 heteroatoms. The van der Waals surface area contributed by atoms with Crippen molar-refractivity contribution in [1.82, 2.24) is 178 Å². The second-order valence-electron chi connectivity index (χ2n) is 25.3. The van der Waals surface area contributed by atoms with Crippen molar-refractivity contribution in [3.05, 3.63) is 181 Å². The monoisotopic (exact) mass is 1570 g/mol. The number of carbonyl (C=O) groups is 1. The molecule has 0 atom stereocenters. The SMILES string of the molecule is C.C.Cn1cnnc1-c1c2nc(c(-c3nncn3C)c3ccc([n-]3)c(-c3nncn3C)c3nc(c(-c4nncn4C)c4ccc1[n-]4)C=C3)C=C2.Cn1cnnc1-c1c2nc(c(-c3nncn3C)c3ccc([nH]3)c(-c3nncn3C)c3nc(c(-c4nncn4C)c4ccc1[nH]4)C=C3)C=C2.Cn1cnnc1C=O.[2HH].[Cl-].[Mn+3].c1cc[nH]c1. The third-order valence-electron chi connectivity index (χ3n) is 18.2. The number of aryl methyl sites for hydroxylation is 9. The minimum Gasteiger partial charge on any atom is -1.00 e. The summed E-state index contributed by atoms with van der Waals surface area (Å²) in [6.45, 7) is 0. The van der Waals surface area contributed by atoms with Gasteiger partial charge in [-0.25, -0.2) is 19.9 Å². The second-order valence-corrected chi connectivity index (χ2v) is 25.3. The predicted octanol–water partition coefficient (Wildman–Crippen LogP) is 6.10. The van der Waals surface area contributed by atoms with E-state index in [1.165, 1.54) is 6.33 Å². The maximum absolute atomic E-state index is 9.97. The average molecular weight is 1570 g/mol. The van der Waals surface area contributed by atoms with Gasteiger partial charge in [0, 0.05) is 99.5 Å². The van der Waals surface area contributed by atoms with Crippen LogP contribution in [0.4, 0.5) is 0 Å². The Morgan fingerprint density at radius 1 is 0.301 bits per heavy atom. The summed E-state index contributed by atoms with van der Waals surface area (Å²) in [6.07, 6.45) is 34.9. The van der Waals surface area contributed by atoms with Crippen molar-refractivity contribution in [1.29, 1.82) is 0 Å². The molecule has 0 spiro atoms. The molecule has 20 rings (SSSR count). The van der Waals surface area contributed by atoms with Crippen LogP contribution in [-0.2, 0) is 80.5 Å². The van der Waals surface area contributed by atoms with Crippen LogP contribution < -0.4 is 22.4 Å². The first-order valence-corrected chi connectivity index (χ1v) is 33.6. The number of H-pyrrole nitrogens is 3. The van der Waals surface area contributed by atoms with E-state index in [1.807, 2.05) is 215 Å². The van der Waals surface area contributed by atoms with Crippen molar-refractivity contribution in [2.24, 2.45) is 63.4 Å². The van der Waals surface area contributed by atoms with Crippen LogP contribution in [0.15, 0.2) is 130 Å². The fraction of sp³-hybridized carbons (Fsp3) is 0.149. The minimum absolute atomic E-state index is 0. The van der Waals surface area contributed by atoms with Crippen LogP contribution in [0.25, 0.3) is 184 Å². The molecule has 0 radical (unpaired) electrons. The molecule has 16 aromatic heterocycles. The molecule has 0 saturated carbocycles. The van der Waals surface area contributed by atoms with Crippen molar-refractivity contribution >= 4 is 99.0 Å². The Kier molecular flexibility index (Phi) is 21.5. The van der Waals surface area contributed by atoms with Crippen LogP contribution in [0.1, 0.15) is 72.5 Å². The van der Waals surface area contributed by atoms with E-state index >= 15 is 0 Å². The van der Waals surface area contributed by atoms with E-state index in [0.29, 0.717) is 149 Å². The summed E-state index contributed by atoms with van der Waals surface area (Å²) >= 11 is 0. The first kappa shape index (κ1) is 76.4. The molecule has 16 bridgehead atoms. The number of carbonyl (C=O) groups excluding carboxylic acids is 1. The van der Waals surface area contributed by atoms with Gasteiger partial charge < -0.3 is 78.4 Å². The van der Waals surface area contributed by atoms with Gasteiger partial charge in [-0.15, -0.1) is 114 Å². The Hall–Kier alpha value is -14.8. The van der Waals surface area contributed by atoms with Crippen molar-refractivity contribution in [2.75, 3.05) is 0 Å². The molecule has 0 saturated heterocycles. The maximum Gasteiger partial charge on any atom is 3.00 e. The van der Waals surface area contributed by atoms with Gasteiger partial charge in [0.05, 0.1) is 89.9 Å².